The van der Waals surface area contributed by atoms with Gasteiger partial charge in [-0.15, -0.1) is 0 Å². The SMILES string of the molecule is CC1=CN2C(=N)C(=Cc3cc(C)n(-c4cccc(C(F)(F)F)c4)c3C)C(=O)N=C2S1. The Kier molecular flexibility index (Phi) is 4.73. The van der Waals surface area contributed by atoms with E-state index in [2.05, 4.69) is 4.99 Å². The van der Waals surface area contributed by atoms with Gasteiger partial charge in [0, 0.05) is 28.2 Å². The summed E-state index contributed by atoms with van der Waals surface area (Å²) in [4.78, 5) is 19.0. The van der Waals surface area contributed by atoms with Crippen molar-refractivity contribution in [3.63, 3.8) is 0 Å². The van der Waals surface area contributed by atoms with Gasteiger partial charge in [-0.05, 0) is 56.7 Å². The molecule has 0 aliphatic carbocycles. The third-order valence-corrected chi connectivity index (χ3v) is 5.79. The molecule has 1 amide bonds. The number of aromatic nitrogens is 1. The van der Waals surface area contributed by atoms with Crippen LogP contribution < -0.4 is 0 Å². The van der Waals surface area contributed by atoms with Crippen molar-refractivity contribution in [3.05, 3.63) is 69.5 Å². The zero-order chi connectivity index (χ0) is 21.8. The van der Waals surface area contributed by atoms with Crippen LogP contribution in [-0.2, 0) is 11.0 Å². The zero-order valence-electron chi connectivity index (χ0n) is 16.3. The van der Waals surface area contributed by atoms with Crippen LogP contribution in [0.3, 0.4) is 0 Å². The molecule has 0 bridgehead atoms. The fraction of sp³-hybridized carbons (Fsp3) is 0.190. The van der Waals surface area contributed by atoms with Gasteiger partial charge in [-0.3, -0.25) is 15.1 Å². The number of aliphatic imine (C=N–C) groups is 1. The number of fused-ring (bicyclic) bond motifs is 1. The van der Waals surface area contributed by atoms with Crippen LogP contribution in [0.15, 0.2) is 52.0 Å². The van der Waals surface area contributed by atoms with Crippen molar-refractivity contribution >= 4 is 34.7 Å². The number of aryl methyl sites for hydroxylation is 1. The molecule has 2 aliphatic rings. The number of benzene rings is 1. The number of hydrogen-bond acceptors (Lipinski definition) is 3. The van der Waals surface area contributed by atoms with Gasteiger partial charge < -0.3 is 4.57 Å². The highest BCUT2D eigenvalue weighted by Gasteiger charge is 2.33. The van der Waals surface area contributed by atoms with Crippen LogP contribution in [0.2, 0.25) is 0 Å². The van der Waals surface area contributed by atoms with Gasteiger partial charge in [0.2, 0.25) is 0 Å². The Morgan fingerprint density at radius 1 is 1.17 bits per heavy atom. The van der Waals surface area contributed by atoms with E-state index in [4.69, 9.17) is 5.41 Å². The minimum Gasteiger partial charge on any atom is -0.318 e. The Bertz CT molecular complexity index is 1190. The topological polar surface area (TPSA) is 61.5 Å². The summed E-state index contributed by atoms with van der Waals surface area (Å²) in [6, 6.07) is 6.87. The van der Waals surface area contributed by atoms with Crippen molar-refractivity contribution in [3.8, 4) is 5.69 Å². The molecule has 0 fully saturated rings. The van der Waals surface area contributed by atoms with Crippen molar-refractivity contribution < 1.29 is 18.0 Å². The average Bonchev–Trinajstić information content (AvgIpc) is 3.16. The smallest absolute Gasteiger partial charge is 0.318 e. The number of amides is 1. The van der Waals surface area contributed by atoms with Gasteiger partial charge in [0.1, 0.15) is 5.84 Å². The first-order valence-corrected chi connectivity index (χ1v) is 9.83. The maximum absolute atomic E-state index is 13.1. The third-order valence-electron chi connectivity index (χ3n) is 4.89. The quantitative estimate of drug-likeness (QED) is 0.660. The van der Waals surface area contributed by atoms with Crippen LogP contribution in [0.4, 0.5) is 13.2 Å². The predicted molar refractivity (Wildman–Crippen MR) is 112 cm³/mol. The molecule has 0 unspecified atom stereocenters. The number of alkyl halides is 3. The van der Waals surface area contributed by atoms with Crippen LogP contribution in [0.1, 0.15) is 29.4 Å². The first kappa shape index (κ1) is 20.2. The van der Waals surface area contributed by atoms with Crippen molar-refractivity contribution in [1.29, 1.82) is 5.41 Å². The maximum atomic E-state index is 13.1. The molecule has 0 atom stereocenters. The van der Waals surface area contributed by atoms with Crippen LogP contribution in [-0.4, -0.2) is 26.4 Å². The van der Waals surface area contributed by atoms with E-state index in [-0.39, 0.29) is 11.4 Å². The lowest BCUT2D eigenvalue weighted by molar-refractivity contribution is -0.137. The molecule has 0 saturated heterocycles. The molecule has 0 radical (unpaired) electrons. The highest BCUT2D eigenvalue weighted by Crippen LogP contribution is 2.34. The second kappa shape index (κ2) is 7.02. The molecule has 5 nitrogen and oxygen atoms in total. The van der Waals surface area contributed by atoms with Crippen LogP contribution in [0.25, 0.3) is 11.8 Å². The molecular formula is C21H17F3N4OS. The Morgan fingerprint density at radius 3 is 2.60 bits per heavy atom. The van der Waals surface area contributed by atoms with Gasteiger partial charge in [0.25, 0.3) is 5.91 Å². The van der Waals surface area contributed by atoms with E-state index in [1.54, 1.807) is 47.7 Å². The Balaban J connectivity index is 1.77. The molecule has 1 aromatic carbocycles. The van der Waals surface area contributed by atoms with E-state index in [0.29, 0.717) is 27.8 Å². The number of allylic oxidation sites excluding steroid dienone is 1. The number of halogens is 3. The zero-order valence-corrected chi connectivity index (χ0v) is 17.1. The number of nitrogens with one attached hydrogen (secondary N) is 1. The van der Waals surface area contributed by atoms with Crippen LogP contribution >= 0.6 is 11.8 Å². The summed E-state index contributed by atoms with van der Waals surface area (Å²) >= 11 is 1.33. The highest BCUT2D eigenvalue weighted by atomic mass is 32.2. The standard InChI is InChI=1S/C21H17F3N4OS/c1-11-7-14(8-17-18(25)27-10-12(2)30-20(27)26-19(17)29)13(3)28(11)16-6-4-5-15(9-16)21(22,23)24/h4-10,25H,1-3H3. The van der Waals surface area contributed by atoms with Crippen molar-refractivity contribution in [2.75, 3.05) is 0 Å². The summed E-state index contributed by atoms with van der Waals surface area (Å²) in [5, 5.41) is 8.85. The van der Waals surface area contributed by atoms with Gasteiger partial charge in [-0.1, -0.05) is 17.8 Å². The first-order chi connectivity index (χ1) is 14.1. The van der Waals surface area contributed by atoms with Gasteiger partial charge in [0.05, 0.1) is 11.1 Å². The summed E-state index contributed by atoms with van der Waals surface area (Å²) < 4.78 is 41.0. The lowest BCUT2D eigenvalue weighted by Crippen LogP contribution is -2.35. The minimum absolute atomic E-state index is 0.0261. The summed E-state index contributed by atoms with van der Waals surface area (Å²) in [6.45, 7) is 5.42. The molecule has 4 rings (SSSR count). The molecule has 9 heteroatoms. The Labute approximate surface area is 175 Å². The van der Waals surface area contributed by atoms with E-state index in [1.807, 2.05) is 6.92 Å². The molecular weight excluding hydrogens is 413 g/mol. The van der Waals surface area contributed by atoms with Crippen LogP contribution in [0, 0.1) is 19.3 Å². The lowest BCUT2D eigenvalue weighted by atomic mass is 10.1. The minimum atomic E-state index is -4.44. The van der Waals surface area contributed by atoms with Crippen molar-refractivity contribution in [2.24, 2.45) is 4.99 Å². The fourth-order valence-electron chi connectivity index (χ4n) is 3.51. The normalized spacial score (nSPS) is 18.1. The van der Waals surface area contributed by atoms with Crippen molar-refractivity contribution in [2.45, 2.75) is 26.9 Å². The summed E-state index contributed by atoms with van der Waals surface area (Å²) in [5.41, 5.74) is 1.80. The largest absolute Gasteiger partial charge is 0.416 e. The lowest BCUT2D eigenvalue weighted by Gasteiger charge is -2.22. The summed E-state index contributed by atoms with van der Waals surface area (Å²) in [7, 11) is 0. The second-order valence-corrected chi connectivity index (χ2v) is 8.24. The molecule has 0 saturated carbocycles. The molecule has 30 heavy (non-hydrogen) atoms. The van der Waals surface area contributed by atoms with Gasteiger partial charge in [-0.2, -0.15) is 18.2 Å². The predicted octanol–water partition coefficient (Wildman–Crippen LogP) is 5.28. The average molecular weight is 430 g/mol. The van der Waals surface area contributed by atoms with E-state index >= 15 is 0 Å². The molecule has 2 aliphatic heterocycles. The number of carbonyl (C=O) groups excluding carboxylic acids is 1. The molecule has 2 aromatic rings. The van der Waals surface area contributed by atoms with E-state index in [0.717, 1.165) is 17.0 Å². The molecule has 3 heterocycles. The second-order valence-electron chi connectivity index (χ2n) is 7.03. The van der Waals surface area contributed by atoms with E-state index in [1.165, 1.54) is 17.8 Å². The number of amidine groups is 2. The van der Waals surface area contributed by atoms with Gasteiger partial charge in [-0.25, -0.2) is 0 Å². The van der Waals surface area contributed by atoms with E-state index < -0.39 is 17.6 Å². The molecule has 1 aromatic heterocycles. The number of nitrogens with zero attached hydrogens (tertiary/aromatic N) is 3. The van der Waals surface area contributed by atoms with E-state index in [9.17, 15) is 18.0 Å². The fourth-order valence-corrected chi connectivity index (χ4v) is 4.33. The Hall–Kier alpha value is -3.07. The number of rotatable bonds is 2. The number of hydrogen-bond donors (Lipinski definition) is 1. The highest BCUT2D eigenvalue weighted by molar-refractivity contribution is 8.17. The number of carbonyl (C=O) groups is 1. The maximum Gasteiger partial charge on any atom is 0.416 e. The molecule has 0 spiro atoms. The third kappa shape index (κ3) is 3.39. The monoisotopic (exact) mass is 430 g/mol. The molecule has 1 N–H and O–H groups in total. The van der Waals surface area contributed by atoms with Crippen LogP contribution in [0.5, 0.6) is 0 Å². The number of thioether (sulfide) groups is 1. The summed E-state index contributed by atoms with van der Waals surface area (Å²) in [6.07, 6.45) is -1.12. The Morgan fingerprint density at radius 2 is 1.90 bits per heavy atom. The van der Waals surface area contributed by atoms with Gasteiger partial charge >= 0.3 is 6.18 Å². The first-order valence-electron chi connectivity index (χ1n) is 9.02. The summed E-state index contributed by atoms with van der Waals surface area (Å²) in [5.74, 6) is -0.482. The van der Waals surface area contributed by atoms with Crippen molar-refractivity contribution in [1.82, 2.24) is 9.47 Å². The molecule has 154 valence electrons. The van der Waals surface area contributed by atoms with Gasteiger partial charge in [0.15, 0.2) is 5.17 Å².